The number of benzene rings is 2. The zero-order valence-corrected chi connectivity index (χ0v) is 14.9. The van der Waals surface area contributed by atoms with Gasteiger partial charge in [-0.25, -0.2) is 0 Å². The Kier molecular flexibility index (Phi) is 8.66. The first-order chi connectivity index (χ1) is 8.92. The molecule has 2 rings (SSSR count). The number of hydrogen-bond donors (Lipinski definition) is 0. The molecule has 2 aromatic rings. The summed E-state index contributed by atoms with van der Waals surface area (Å²) in [4.78, 5) is 0. The third-order valence-electron chi connectivity index (χ3n) is 3.12. The van der Waals surface area contributed by atoms with Crippen LogP contribution in [0, 0.1) is 0 Å². The third kappa shape index (κ3) is 5.40. The van der Waals surface area contributed by atoms with E-state index >= 15 is 0 Å². The summed E-state index contributed by atoms with van der Waals surface area (Å²) in [6.45, 7) is 2.27. The predicted molar refractivity (Wildman–Crippen MR) is 84.6 cm³/mol. The van der Waals surface area contributed by atoms with Crippen LogP contribution in [0.2, 0.25) is 0 Å². The average Bonchev–Trinajstić information content (AvgIpc) is 2.46. The molecule has 2 heteroatoms. The van der Waals surface area contributed by atoms with Crippen LogP contribution in [0.3, 0.4) is 0 Å². The van der Waals surface area contributed by atoms with Gasteiger partial charge in [0.15, 0.2) is 0 Å². The largest absolute Gasteiger partial charge is 1.00 e. The van der Waals surface area contributed by atoms with Crippen molar-refractivity contribution >= 4 is 18.5 Å². The summed E-state index contributed by atoms with van der Waals surface area (Å²) in [7, 11) is -0.162. The fraction of sp³-hybridized carbons (Fsp3) is 0.294. The van der Waals surface area contributed by atoms with E-state index in [-0.39, 0.29) is 38.9 Å². The molecule has 19 heavy (non-hydrogen) atoms. The maximum absolute atomic E-state index is 2.28. The van der Waals surface area contributed by atoms with Gasteiger partial charge in [0.2, 0.25) is 0 Å². The molecular weight excluding hydrogens is 258 g/mol. The van der Waals surface area contributed by atoms with Crippen LogP contribution in [0.15, 0.2) is 60.7 Å². The molecule has 96 valence electrons. The molecule has 0 radical (unpaired) electrons. The summed E-state index contributed by atoms with van der Waals surface area (Å²) in [5.41, 5.74) is 0. The van der Waals surface area contributed by atoms with E-state index < -0.39 is 0 Å². The smallest absolute Gasteiger partial charge is 1.00 e. The van der Waals surface area contributed by atoms with Crippen molar-refractivity contribution in [2.75, 3.05) is 6.16 Å². The Balaban J connectivity index is 0.00000180. The molecular formula is C17H22NaP. The summed E-state index contributed by atoms with van der Waals surface area (Å²) in [5.74, 6) is 0. The number of rotatable bonds is 6. The molecule has 0 atom stereocenters. The van der Waals surface area contributed by atoms with Gasteiger partial charge in [-0.15, -0.1) is 0 Å². The fourth-order valence-corrected chi connectivity index (χ4v) is 4.56. The molecule has 0 saturated carbocycles. The van der Waals surface area contributed by atoms with Crippen LogP contribution < -0.4 is 40.2 Å². The van der Waals surface area contributed by atoms with Crippen molar-refractivity contribution in [3.63, 3.8) is 0 Å². The van der Waals surface area contributed by atoms with Crippen LogP contribution in [0.25, 0.3) is 0 Å². The molecule has 0 N–H and O–H groups in total. The minimum absolute atomic E-state index is 0. The maximum Gasteiger partial charge on any atom is 1.00 e. The molecule has 0 aromatic heterocycles. The molecule has 0 unspecified atom stereocenters. The van der Waals surface area contributed by atoms with E-state index in [2.05, 4.69) is 67.6 Å². The van der Waals surface area contributed by atoms with Crippen molar-refractivity contribution < 1.29 is 31.0 Å². The molecule has 0 amide bonds. The second-order valence-corrected chi connectivity index (χ2v) is 6.87. The monoisotopic (exact) mass is 280 g/mol. The molecule has 2 aromatic carbocycles. The Morgan fingerprint density at radius 2 is 1.26 bits per heavy atom. The van der Waals surface area contributed by atoms with E-state index in [4.69, 9.17) is 0 Å². The van der Waals surface area contributed by atoms with Crippen LogP contribution in [0.5, 0.6) is 0 Å². The van der Waals surface area contributed by atoms with Gasteiger partial charge in [0.05, 0.1) is 0 Å². The Morgan fingerprint density at radius 3 is 1.68 bits per heavy atom. The van der Waals surface area contributed by atoms with Crippen molar-refractivity contribution in [3.8, 4) is 0 Å². The van der Waals surface area contributed by atoms with Crippen LogP contribution in [0.1, 0.15) is 27.6 Å². The summed E-state index contributed by atoms with van der Waals surface area (Å²) < 4.78 is 0. The number of unbranched alkanes of at least 4 members (excludes halogenated alkanes) is 2. The fourth-order valence-electron chi connectivity index (χ4n) is 2.14. The Bertz CT molecular complexity index is 408. The van der Waals surface area contributed by atoms with Crippen LogP contribution in [-0.2, 0) is 0 Å². The normalized spacial score (nSPS) is 10.2. The zero-order chi connectivity index (χ0) is 12.6. The Hall–Kier alpha value is -0.130. The zero-order valence-electron chi connectivity index (χ0n) is 13.0. The SMILES string of the molecule is CCCCCP(c1ccccc1)c1ccccc1.[H-].[Na+]. The minimum Gasteiger partial charge on any atom is -1.00 e. The first kappa shape index (κ1) is 16.9. The maximum atomic E-state index is 2.28. The van der Waals surface area contributed by atoms with Gasteiger partial charge in [0.1, 0.15) is 0 Å². The summed E-state index contributed by atoms with van der Waals surface area (Å²) in [6, 6.07) is 22.0. The Labute approximate surface area is 142 Å². The van der Waals surface area contributed by atoms with E-state index in [9.17, 15) is 0 Å². The van der Waals surface area contributed by atoms with Crippen LogP contribution in [-0.4, -0.2) is 6.16 Å². The molecule has 0 bridgehead atoms. The molecule has 0 nitrogen and oxygen atoms in total. The molecule has 0 aliphatic rings. The molecule has 0 fully saturated rings. The Morgan fingerprint density at radius 1 is 0.789 bits per heavy atom. The number of hydrogen-bond acceptors (Lipinski definition) is 0. The summed E-state index contributed by atoms with van der Waals surface area (Å²) in [6.07, 6.45) is 5.30. The van der Waals surface area contributed by atoms with E-state index in [0.29, 0.717) is 0 Å². The van der Waals surface area contributed by atoms with Crippen LogP contribution in [0.4, 0.5) is 0 Å². The molecule has 0 spiro atoms. The molecule has 0 heterocycles. The van der Waals surface area contributed by atoms with Crippen molar-refractivity contribution in [2.45, 2.75) is 26.2 Å². The van der Waals surface area contributed by atoms with Crippen molar-refractivity contribution in [1.82, 2.24) is 0 Å². The molecule has 0 aliphatic heterocycles. The topological polar surface area (TPSA) is 0 Å². The molecule has 0 aliphatic carbocycles. The summed E-state index contributed by atoms with van der Waals surface area (Å²) >= 11 is 0. The van der Waals surface area contributed by atoms with Crippen LogP contribution >= 0.6 is 7.92 Å². The molecule has 0 saturated heterocycles. The van der Waals surface area contributed by atoms with Crippen molar-refractivity contribution in [3.05, 3.63) is 60.7 Å². The minimum atomic E-state index is -0.162. The first-order valence-corrected chi connectivity index (χ1v) is 8.32. The van der Waals surface area contributed by atoms with Gasteiger partial charge in [0, 0.05) is 0 Å². The second kappa shape index (κ2) is 9.72. The van der Waals surface area contributed by atoms with E-state index in [0.717, 1.165) is 0 Å². The van der Waals surface area contributed by atoms with Gasteiger partial charge < -0.3 is 1.43 Å². The van der Waals surface area contributed by atoms with E-state index in [1.165, 1.54) is 36.0 Å². The van der Waals surface area contributed by atoms with Gasteiger partial charge in [-0.1, -0.05) is 80.4 Å². The van der Waals surface area contributed by atoms with E-state index in [1.807, 2.05) is 0 Å². The predicted octanol–water partition coefficient (Wildman–Crippen LogP) is 1.43. The first-order valence-electron chi connectivity index (χ1n) is 6.79. The van der Waals surface area contributed by atoms with Crippen molar-refractivity contribution in [1.29, 1.82) is 0 Å². The average molecular weight is 280 g/mol. The van der Waals surface area contributed by atoms with Gasteiger partial charge in [0.25, 0.3) is 0 Å². The van der Waals surface area contributed by atoms with Gasteiger partial charge >= 0.3 is 29.6 Å². The van der Waals surface area contributed by atoms with Gasteiger partial charge in [-0.05, 0) is 31.1 Å². The van der Waals surface area contributed by atoms with Gasteiger partial charge in [-0.2, -0.15) is 0 Å². The third-order valence-corrected chi connectivity index (χ3v) is 5.73. The van der Waals surface area contributed by atoms with Crippen molar-refractivity contribution in [2.24, 2.45) is 0 Å². The van der Waals surface area contributed by atoms with Gasteiger partial charge in [-0.3, -0.25) is 0 Å². The quantitative estimate of drug-likeness (QED) is 0.426. The van der Waals surface area contributed by atoms with E-state index in [1.54, 1.807) is 0 Å². The summed E-state index contributed by atoms with van der Waals surface area (Å²) in [5, 5.41) is 3.02. The second-order valence-electron chi connectivity index (χ2n) is 4.53. The standard InChI is InChI=1S/C17H21P.Na.H/c1-2-3-10-15-18(16-11-6-4-7-12-16)17-13-8-5-9-14-17;;/h4-9,11-14H,2-3,10,15H2,1H3;;/q;+1;-1.